The molecule has 0 aliphatic carbocycles. The number of hydrogen-bond acceptors (Lipinski definition) is 3. The number of aliphatic hydroxyl groups excluding tert-OH is 1. The summed E-state index contributed by atoms with van der Waals surface area (Å²) in [7, 11) is 0. The Morgan fingerprint density at radius 2 is 2.18 bits per heavy atom. The van der Waals surface area contributed by atoms with Crippen LogP contribution in [-0.4, -0.2) is 45.0 Å². The molecule has 2 rings (SSSR count). The SMILES string of the molecule is Cc1nn(C(C)(C)C)cc1C(C)NC(=O)N1CCCC(O)C1. The summed E-state index contributed by atoms with van der Waals surface area (Å²) in [6.45, 7) is 11.3. The molecule has 2 unspecified atom stereocenters. The number of carbonyl (C=O) groups is 1. The standard InChI is InChI=1S/C16H28N4O2/c1-11(14-10-20(16(3,4)5)18-12(14)2)17-15(22)19-8-6-7-13(21)9-19/h10-11,13,21H,6-9H2,1-5H3,(H,17,22). The van der Waals surface area contributed by atoms with Crippen LogP contribution in [0, 0.1) is 6.92 Å². The number of aryl methyl sites for hydroxylation is 1. The smallest absolute Gasteiger partial charge is 0.317 e. The number of rotatable bonds is 2. The number of piperidine rings is 1. The summed E-state index contributed by atoms with van der Waals surface area (Å²) in [5.74, 6) is 0. The van der Waals surface area contributed by atoms with Gasteiger partial charge in [-0.3, -0.25) is 4.68 Å². The number of amides is 2. The van der Waals surface area contributed by atoms with E-state index < -0.39 is 6.10 Å². The molecular weight excluding hydrogens is 280 g/mol. The highest BCUT2D eigenvalue weighted by molar-refractivity contribution is 5.74. The molecule has 0 bridgehead atoms. The zero-order chi connectivity index (χ0) is 16.5. The lowest BCUT2D eigenvalue weighted by Gasteiger charge is -2.31. The average molecular weight is 308 g/mol. The number of nitrogens with one attached hydrogen (secondary N) is 1. The van der Waals surface area contributed by atoms with Gasteiger partial charge < -0.3 is 15.3 Å². The molecule has 0 radical (unpaired) electrons. The first kappa shape index (κ1) is 16.8. The molecule has 1 aromatic heterocycles. The maximum atomic E-state index is 12.3. The molecule has 1 aliphatic heterocycles. The number of β-amino-alcohol motifs (C(OH)–C–C–N with tert-alkyl or cyclic N) is 1. The van der Waals surface area contributed by atoms with E-state index in [0.717, 1.165) is 24.1 Å². The van der Waals surface area contributed by atoms with E-state index in [-0.39, 0.29) is 17.6 Å². The predicted octanol–water partition coefficient (Wildman–Crippen LogP) is 2.17. The normalized spacial score (nSPS) is 20.8. The molecule has 6 nitrogen and oxygen atoms in total. The third kappa shape index (κ3) is 3.80. The summed E-state index contributed by atoms with van der Waals surface area (Å²) in [4.78, 5) is 14.0. The van der Waals surface area contributed by atoms with Gasteiger partial charge in [0.2, 0.25) is 0 Å². The molecule has 2 heterocycles. The first-order valence-corrected chi connectivity index (χ1v) is 7.98. The van der Waals surface area contributed by atoms with Crippen molar-refractivity contribution in [2.24, 2.45) is 0 Å². The lowest BCUT2D eigenvalue weighted by Crippen LogP contribution is -2.47. The predicted molar refractivity (Wildman–Crippen MR) is 85.7 cm³/mol. The number of likely N-dealkylation sites (tertiary alicyclic amines) is 1. The van der Waals surface area contributed by atoms with Gasteiger partial charge in [0, 0.05) is 24.8 Å². The first-order valence-electron chi connectivity index (χ1n) is 7.98. The second kappa shape index (κ2) is 6.28. The van der Waals surface area contributed by atoms with Crippen molar-refractivity contribution in [2.75, 3.05) is 13.1 Å². The fraction of sp³-hybridized carbons (Fsp3) is 0.750. The van der Waals surface area contributed by atoms with E-state index in [2.05, 4.69) is 31.2 Å². The van der Waals surface area contributed by atoms with Crippen molar-refractivity contribution >= 4 is 6.03 Å². The summed E-state index contributed by atoms with van der Waals surface area (Å²) in [5, 5.41) is 17.2. The summed E-state index contributed by atoms with van der Waals surface area (Å²) in [6, 6.07) is -0.225. The molecule has 124 valence electrons. The quantitative estimate of drug-likeness (QED) is 0.879. The molecule has 0 saturated carbocycles. The highest BCUT2D eigenvalue weighted by atomic mass is 16.3. The largest absolute Gasteiger partial charge is 0.391 e. The number of urea groups is 1. The Morgan fingerprint density at radius 1 is 1.50 bits per heavy atom. The van der Waals surface area contributed by atoms with Gasteiger partial charge in [0.15, 0.2) is 0 Å². The minimum absolute atomic E-state index is 0.0796. The molecule has 2 atom stereocenters. The van der Waals surface area contributed by atoms with Crippen LogP contribution in [0.25, 0.3) is 0 Å². The van der Waals surface area contributed by atoms with E-state index in [0.29, 0.717) is 13.1 Å². The molecule has 1 saturated heterocycles. The van der Waals surface area contributed by atoms with Gasteiger partial charge in [-0.1, -0.05) is 0 Å². The third-order valence-corrected chi connectivity index (χ3v) is 4.11. The summed E-state index contributed by atoms with van der Waals surface area (Å²) in [5.41, 5.74) is 1.88. The van der Waals surface area contributed by atoms with Crippen LogP contribution < -0.4 is 5.32 Å². The maximum Gasteiger partial charge on any atom is 0.317 e. The van der Waals surface area contributed by atoms with Crippen molar-refractivity contribution in [3.05, 3.63) is 17.5 Å². The Balaban J connectivity index is 2.04. The van der Waals surface area contributed by atoms with E-state index in [4.69, 9.17) is 0 Å². The minimum Gasteiger partial charge on any atom is -0.391 e. The number of aromatic nitrogens is 2. The van der Waals surface area contributed by atoms with Crippen LogP contribution in [0.3, 0.4) is 0 Å². The second-order valence-corrected chi connectivity index (χ2v) is 7.20. The maximum absolute atomic E-state index is 12.3. The Kier molecular flexibility index (Phi) is 4.80. The molecule has 0 spiro atoms. The van der Waals surface area contributed by atoms with Crippen LogP contribution in [0.2, 0.25) is 0 Å². The van der Waals surface area contributed by atoms with E-state index in [1.54, 1.807) is 4.90 Å². The average Bonchev–Trinajstić information content (AvgIpc) is 2.81. The Bertz CT molecular complexity index is 533. The Labute approximate surface area is 132 Å². The van der Waals surface area contributed by atoms with Gasteiger partial charge in [0.1, 0.15) is 0 Å². The van der Waals surface area contributed by atoms with Crippen LogP contribution in [0.15, 0.2) is 6.20 Å². The Hall–Kier alpha value is -1.56. The van der Waals surface area contributed by atoms with Crippen LogP contribution in [0.1, 0.15) is 57.8 Å². The highest BCUT2D eigenvalue weighted by Gasteiger charge is 2.25. The van der Waals surface area contributed by atoms with Crippen LogP contribution in [0.4, 0.5) is 4.79 Å². The van der Waals surface area contributed by atoms with E-state index >= 15 is 0 Å². The zero-order valence-corrected chi connectivity index (χ0v) is 14.3. The monoisotopic (exact) mass is 308 g/mol. The lowest BCUT2D eigenvalue weighted by molar-refractivity contribution is 0.0835. The zero-order valence-electron chi connectivity index (χ0n) is 14.3. The van der Waals surface area contributed by atoms with Crippen molar-refractivity contribution in [1.29, 1.82) is 0 Å². The van der Waals surface area contributed by atoms with E-state index in [1.165, 1.54) is 0 Å². The molecule has 1 fully saturated rings. The molecule has 2 amide bonds. The van der Waals surface area contributed by atoms with E-state index in [9.17, 15) is 9.90 Å². The van der Waals surface area contributed by atoms with Crippen LogP contribution >= 0.6 is 0 Å². The van der Waals surface area contributed by atoms with E-state index in [1.807, 2.05) is 24.7 Å². The summed E-state index contributed by atoms with van der Waals surface area (Å²) >= 11 is 0. The summed E-state index contributed by atoms with van der Waals surface area (Å²) in [6.07, 6.45) is 3.23. The lowest BCUT2D eigenvalue weighted by atomic mass is 10.1. The van der Waals surface area contributed by atoms with Gasteiger partial charge in [-0.2, -0.15) is 5.10 Å². The van der Waals surface area contributed by atoms with Crippen molar-refractivity contribution in [3.8, 4) is 0 Å². The van der Waals surface area contributed by atoms with Gasteiger partial charge in [-0.15, -0.1) is 0 Å². The number of nitrogens with zero attached hydrogens (tertiary/aromatic N) is 3. The van der Waals surface area contributed by atoms with Crippen LogP contribution in [-0.2, 0) is 5.54 Å². The fourth-order valence-corrected chi connectivity index (χ4v) is 2.74. The van der Waals surface area contributed by atoms with Crippen molar-refractivity contribution < 1.29 is 9.90 Å². The molecule has 1 aromatic rings. The Morgan fingerprint density at radius 3 is 2.73 bits per heavy atom. The molecule has 2 N–H and O–H groups in total. The summed E-state index contributed by atoms with van der Waals surface area (Å²) < 4.78 is 1.94. The highest BCUT2D eigenvalue weighted by Crippen LogP contribution is 2.21. The van der Waals surface area contributed by atoms with Gasteiger partial charge in [-0.25, -0.2) is 4.79 Å². The van der Waals surface area contributed by atoms with Gasteiger partial charge in [0.25, 0.3) is 0 Å². The van der Waals surface area contributed by atoms with Crippen molar-refractivity contribution in [1.82, 2.24) is 20.0 Å². The molecule has 0 aromatic carbocycles. The van der Waals surface area contributed by atoms with Gasteiger partial charge in [0.05, 0.1) is 23.4 Å². The van der Waals surface area contributed by atoms with Gasteiger partial charge in [-0.05, 0) is 47.5 Å². The minimum atomic E-state index is -0.403. The third-order valence-electron chi connectivity index (χ3n) is 4.11. The fourth-order valence-electron chi connectivity index (χ4n) is 2.74. The number of hydrogen-bond donors (Lipinski definition) is 2. The van der Waals surface area contributed by atoms with Crippen LogP contribution in [0.5, 0.6) is 0 Å². The molecular formula is C16H28N4O2. The van der Waals surface area contributed by atoms with Crippen molar-refractivity contribution in [2.45, 2.75) is 65.1 Å². The second-order valence-electron chi connectivity index (χ2n) is 7.20. The molecule has 1 aliphatic rings. The number of aliphatic hydroxyl groups is 1. The number of carbonyl (C=O) groups excluding carboxylic acids is 1. The topological polar surface area (TPSA) is 70.4 Å². The van der Waals surface area contributed by atoms with Crippen molar-refractivity contribution in [3.63, 3.8) is 0 Å². The first-order chi connectivity index (χ1) is 10.2. The molecule has 6 heteroatoms. The van der Waals surface area contributed by atoms with Gasteiger partial charge >= 0.3 is 6.03 Å². The molecule has 22 heavy (non-hydrogen) atoms.